The number of benzene rings is 1. The van der Waals surface area contributed by atoms with E-state index in [0.29, 0.717) is 0 Å². The summed E-state index contributed by atoms with van der Waals surface area (Å²) in [6.45, 7) is 5.97. The van der Waals surface area contributed by atoms with Crippen LogP contribution in [0.25, 0.3) is 10.9 Å². The van der Waals surface area contributed by atoms with Gasteiger partial charge >= 0.3 is 0 Å². The highest BCUT2D eigenvalue weighted by molar-refractivity contribution is 5.80. The lowest BCUT2D eigenvalue weighted by atomic mass is 10.1. The molecule has 0 amide bonds. The first-order valence-electron chi connectivity index (χ1n) is 4.69. The minimum absolute atomic E-state index is 0.0966. The molecular weight excluding hydrogens is 174 g/mol. The van der Waals surface area contributed by atoms with Crippen LogP contribution in [0.15, 0.2) is 23.0 Å². The third-order valence-corrected chi connectivity index (χ3v) is 2.58. The van der Waals surface area contributed by atoms with Gasteiger partial charge in [0.15, 0.2) is 5.43 Å². The SMILES string of the molecule is Cc1cc(=O)c2cc(C)c(C)cc2[nH]1. The van der Waals surface area contributed by atoms with Crippen LogP contribution in [0.1, 0.15) is 16.8 Å². The number of H-pyrrole nitrogens is 1. The second-order valence-corrected chi connectivity index (χ2v) is 3.80. The highest BCUT2D eigenvalue weighted by Gasteiger charge is 2.02. The molecule has 14 heavy (non-hydrogen) atoms. The molecule has 0 radical (unpaired) electrons. The predicted molar refractivity (Wildman–Crippen MR) is 58.8 cm³/mol. The number of fused-ring (bicyclic) bond motifs is 1. The van der Waals surface area contributed by atoms with Crippen molar-refractivity contribution in [3.8, 4) is 0 Å². The average molecular weight is 187 g/mol. The Kier molecular flexibility index (Phi) is 1.92. The van der Waals surface area contributed by atoms with E-state index in [1.54, 1.807) is 6.07 Å². The molecule has 1 N–H and O–H groups in total. The molecule has 0 unspecified atom stereocenters. The summed E-state index contributed by atoms with van der Waals surface area (Å²) in [5.41, 5.74) is 4.30. The molecule has 0 aliphatic heterocycles. The molecular formula is C12H13NO. The van der Waals surface area contributed by atoms with Gasteiger partial charge in [-0.25, -0.2) is 0 Å². The van der Waals surface area contributed by atoms with Crippen molar-refractivity contribution in [1.29, 1.82) is 0 Å². The van der Waals surface area contributed by atoms with Crippen LogP contribution in [0.5, 0.6) is 0 Å². The lowest BCUT2D eigenvalue weighted by Crippen LogP contribution is -2.03. The first kappa shape index (κ1) is 9.00. The van der Waals surface area contributed by atoms with E-state index in [-0.39, 0.29) is 5.43 Å². The largest absolute Gasteiger partial charge is 0.358 e. The van der Waals surface area contributed by atoms with E-state index >= 15 is 0 Å². The summed E-state index contributed by atoms with van der Waals surface area (Å²) in [4.78, 5) is 14.8. The number of aromatic nitrogens is 1. The number of aryl methyl sites for hydroxylation is 3. The van der Waals surface area contributed by atoms with Crippen LogP contribution in [0.2, 0.25) is 0 Å². The number of nitrogens with one attached hydrogen (secondary N) is 1. The zero-order chi connectivity index (χ0) is 10.3. The van der Waals surface area contributed by atoms with E-state index in [2.05, 4.69) is 11.9 Å². The van der Waals surface area contributed by atoms with Gasteiger partial charge in [-0.15, -0.1) is 0 Å². The van der Waals surface area contributed by atoms with Crippen LogP contribution in [0.3, 0.4) is 0 Å². The van der Waals surface area contributed by atoms with Gasteiger partial charge in [-0.1, -0.05) is 0 Å². The Hall–Kier alpha value is -1.57. The molecule has 72 valence electrons. The van der Waals surface area contributed by atoms with Crippen LogP contribution in [-0.4, -0.2) is 4.98 Å². The van der Waals surface area contributed by atoms with Gasteiger partial charge in [-0.3, -0.25) is 4.79 Å². The molecule has 0 aliphatic rings. The fraction of sp³-hybridized carbons (Fsp3) is 0.250. The lowest BCUT2D eigenvalue weighted by Gasteiger charge is -2.04. The van der Waals surface area contributed by atoms with Crippen LogP contribution < -0.4 is 5.43 Å². The van der Waals surface area contributed by atoms with Crippen LogP contribution >= 0.6 is 0 Å². The van der Waals surface area contributed by atoms with E-state index in [4.69, 9.17) is 0 Å². The maximum absolute atomic E-state index is 11.6. The average Bonchev–Trinajstić information content (AvgIpc) is 2.08. The topological polar surface area (TPSA) is 32.9 Å². The molecule has 0 fully saturated rings. The Morgan fingerprint density at radius 1 is 1.00 bits per heavy atom. The van der Waals surface area contributed by atoms with Crippen molar-refractivity contribution in [2.75, 3.05) is 0 Å². The summed E-state index contributed by atoms with van der Waals surface area (Å²) in [6, 6.07) is 5.61. The third-order valence-electron chi connectivity index (χ3n) is 2.58. The fourth-order valence-corrected chi connectivity index (χ4v) is 1.65. The Bertz CT molecular complexity index is 552. The molecule has 1 heterocycles. The molecule has 2 nitrogen and oxygen atoms in total. The molecule has 0 bridgehead atoms. The number of aromatic amines is 1. The van der Waals surface area contributed by atoms with E-state index in [1.165, 1.54) is 5.56 Å². The first-order chi connectivity index (χ1) is 6.58. The lowest BCUT2D eigenvalue weighted by molar-refractivity contribution is 1.23. The maximum Gasteiger partial charge on any atom is 0.189 e. The van der Waals surface area contributed by atoms with Gasteiger partial charge < -0.3 is 4.98 Å². The zero-order valence-electron chi connectivity index (χ0n) is 8.64. The van der Waals surface area contributed by atoms with Crippen molar-refractivity contribution in [1.82, 2.24) is 4.98 Å². The van der Waals surface area contributed by atoms with Crippen molar-refractivity contribution in [2.45, 2.75) is 20.8 Å². The summed E-state index contributed by atoms with van der Waals surface area (Å²) in [5, 5.41) is 0.777. The fourth-order valence-electron chi connectivity index (χ4n) is 1.65. The summed E-state index contributed by atoms with van der Waals surface area (Å²) >= 11 is 0. The van der Waals surface area contributed by atoms with Gasteiger partial charge in [0.1, 0.15) is 0 Å². The Labute approximate surface area is 82.6 Å². The van der Waals surface area contributed by atoms with E-state index in [0.717, 1.165) is 22.2 Å². The monoisotopic (exact) mass is 187 g/mol. The van der Waals surface area contributed by atoms with Crippen molar-refractivity contribution in [3.63, 3.8) is 0 Å². The summed E-state index contributed by atoms with van der Waals surface area (Å²) in [6.07, 6.45) is 0. The molecule has 1 aromatic carbocycles. The van der Waals surface area contributed by atoms with Gasteiger partial charge in [0.2, 0.25) is 0 Å². The smallest absolute Gasteiger partial charge is 0.189 e. The molecule has 0 aliphatic carbocycles. The van der Waals surface area contributed by atoms with Gasteiger partial charge in [-0.2, -0.15) is 0 Å². The van der Waals surface area contributed by atoms with Gasteiger partial charge in [0, 0.05) is 22.7 Å². The van der Waals surface area contributed by atoms with E-state index in [9.17, 15) is 4.79 Å². The zero-order valence-corrected chi connectivity index (χ0v) is 8.64. The summed E-state index contributed by atoms with van der Waals surface area (Å²) in [5.74, 6) is 0. The molecule has 2 rings (SSSR count). The highest BCUT2D eigenvalue weighted by atomic mass is 16.1. The molecule has 0 spiro atoms. The van der Waals surface area contributed by atoms with Crippen LogP contribution in [-0.2, 0) is 0 Å². The van der Waals surface area contributed by atoms with Crippen molar-refractivity contribution in [3.05, 3.63) is 45.2 Å². The number of hydrogen-bond donors (Lipinski definition) is 1. The summed E-state index contributed by atoms with van der Waals surface area (Å²) in [7, 11) is 0. The summed E-state index contributed by atoms with van der Waals surface area (Å²) < 4.78 is 0. The quantitative estimate of drug-likeness (QED) is 0.675. The highest BCUT2D eigenvalue weighted by Crippen LogP contribution is 2.14. The molecule has 1 aromatic heterocycles. The number of hydrogen-bond acceptors (Lipinski definition) is 1. The van der Waals surface area contributed by atoms with Crippen LogP contribution in [0.4, 0.5) is 0 Å². The van der Waals surface area contributed by atoms with Crippen LogP contribution in [0, 0.1) is 20.8 Å². The standard InChI is InChI=1S/C12H13NO/c1-7-4-10-11(5-8(7)2)13-9(3)6-12(10)14/h4-6H,1-3H3,(H,13,14). The second kappa shape index (κ2) is 2.98. The molecule has 2 heteroatoms. The molecule has 2 aromatic rings. The molecule has 0 saturated heterocycles. The van der Waals surface area contributed by atoms with Crippen molar-refractivity contribution < 1.29 is 0 Å². The third kappa shape index (κ3) is 1.33. The number of pyridine rings is 1. The Morgan fingerprint density at radius 3 is 2.36 bits per heavy atom. The van der Waals surface area contributed by atoms with Gasteiger partial charge in [0.25, 0.3) is 0 Å². The second-order valence-electron chi connectivity index (χ2n) is 3.80. The van der Waals surface area contributed by atoms with E-state index in [1.807, 2.05) is 26.0 Å². The minimum Gasteiger partial charge on any atom is -0.358 e. The van der Waals surface area contributed by atoms with Gasteiger partial charge in [-0.05, 0) is 44.0 Å². The van der Waals surface area contributed by atoms with Crippen molar-refractivity contribution in [2.24, 2.45) is 0 Å². The minimum atomic E-state index is 0.0966. The Balaban J connectivity index is 2.96. The maximum atomic E-state index is 11.6. The van der Waals surface area contributed by atoms with E-state index < -0.39 is 0 Å². The van der Waals surface area contributed by atoms with Gasteiger partial charge in [0.05, 0.1) is 0 Å². The number of rotatable bonds is 0. The first-order valence-corrected chi connectivity index (χ1v) is 4.69. The normalized spacial score (nSPS) is 10.8. The van der Waals surface area contributed by atoms with Crippen molar-refractivity contribution >= 4 is 10.9 Å². The predicted octanol–water partition coefficient (Wildman–Crippen LogP) is 2.45. The molecule has 0 atom stereocenters. The Morgan fingerprint density at radius 2 is 1.64 bits per heavy atom. The molecule has 0 saturated carbocycles.